The van der Waals surface area contributed by atoms with Gasteiger partial charge in [-0.15, -0.1) is 0 Å². The number of likely N-dealkylation sites (N-methyl/N-ethyl adjacent to an activating group) is 1. The van der Waals surface area contributed by atoms with E-state index >= 15 is 0 Å². The van der Waals surface area contributed by atoms with Gasteiger partial charge >= 0.3 is 0 Å². The fourth-order valence-corrected chi connectivity index (χ4v) is 8.08. The van der Waals surface area contributed by atoms with Crippen LogP contribution in [0.3, 0.4) is 0 Å². The summed E-state index contributed by atoms with van der Waals surface area (Å²) in [5, 5.41) is 34.4. The van der Waals surface area contributed by atoms with E-state index in [1.165, 1.54) is 18.1 Å². The van der Waals surface area contributed by atoms with Crippen LogP contribution in [-0.4, -0.2) is 69.2 Å². The van der Waals surface area contributed by atoms with Crippen LogP contribution in [0.2, 0.25) is 5.02 Å². The molecule has 1 aliphatic heterocycles. The highest BCUT2D eigenvalue weighted by Crippen LogP contribution is 2.57. The van der Waals surface area contributed by atoms with Crippen molar-refractivity contribution in [1.82, 2.24) is 9.80 Å². The smallest absolute Gasteiger partial charge is 0.187 e. The topological polar surface area (TPSA) is 118 Å². The number of aliphatic hydroxyl groups is 2. The second kappa shape index (κ2) is 10.1. The molecule has 1 saturated carbocycles. The molecule has 0 radical (unpaired) electrons. The van der Waals surface area contributed by atoms with Crippen molar-refractivity contribution in [3.8, 4) is 5.75 Å². The van der Waals surface area contributed by atoms with Crippen molar-refractivity contribution in [3.05, 3.63) is 80.1 Å². The normalized spacial score (nSPS) is 27.5. The standard InChI is InChI=1S/C33H35ClN2O6/c1-16(37)24-30(40)28(35(3)4)22-12-19-11-21-26(29(39)25(19)32(42)33(22,2)31(24)41)23(38)13-20(27(21)34)15-36-10-9-17-7-5-6-8-18(17)14-36/h5-8,13,19,22,28,38-39,41H,9-12,14-15H2,1-4H3/t19-,22-,28-,33-/m0/s1. The summed E-state index contributed by atoms with van der Waals surface area (Å²) in [5.74, 6) is -3.86. The van der Waals surface area contributed by atoms with Gasteiger partial charge in [-0.05, 0) is 81.4 Å². The van der Waals surface area contributed by atoms with Crippen LogP contribution in [0.25, 0.3) is 5.76 Å². The fraction of sp³-hybridized carbons (Fsp3) is 0.424. The van der Waals surface area contributed by atoms with Gasteiger partial charge in [-0.25, -0.2) is 0 Å². The molecule has 4 aliphatic rings. The molecule has 6 rings (SSSR count). The summed E-state index contributed by atoms with van der Waals surface area (Å²) in [5.41, 5.74) is 2.16. The van der Waals surface area contributed by atoms with Crippen LogP contribution in [0.15, 0.2) is 47.2 Å². The number of benzene rings is 2. The van der Waals surface area contributed by atoms with E-state index in [0.29, 0.717) is 23.6 Å². The number of carbonyl (C=O) groups is 3. The number of hydrogen-bond acceptors (Lipinski definition) is 8. The van der Waals surface area contributed by atoms with Gasteiger partial charge in [0.25, 0.3) is 0 Å². The van der Waals surface area contributed by atoms with Gasteiger partial charge in [0, 0.05) is 36.1 Å². The summed E-state index contributed by atoms with van der Waals surface area (Å²) in [6.07, 6.45) is 1.50. The Labute approximate surface area is 249 Å². The van der Waals surface area contributed by atoms with Crippen LogP contribution in [-0.2, 0) is 40.3 Å². The van der Waals surface area contributed by atoms with Crippen LogP contribution in [0.4, 0.5) is 0 Å². The van der Waals surface area contributed by atoms with Gasteiger partial charge in [-0.1, -0.05) is 35.9 Å². The maximum Gasteiger partial charge on any atom is 0.187 e. The Hall–Kier alpha value is -3.46. The minimum absolute atomic E-state index is 0.0920. The van der Waals surface area contributed by atoms with Crippen molar-refractivity contribution in [2.24, 2.45) is 17.3 Å². The monoisotopic (exact) mass is 590 g/mol. The van der Waals surface area contributed by atoms with Crippen LogP contribution in [0.5, 0.6) is 5.75 Å². The zero-order valence-electron chi connectivity index (χ0n) is 24.2. The minimum atomic E-state index is -1.59. The van der Waals surface area contributed by atoms with E-state index in [2.05, 4.69) is 17.0 Å². The number of Topliss-reactive ketones (excluding diaryl/α,β-unsaturated/α-hetero) is 3. The number of aromatic hydroxyl groups is 1. The van der Waals surface area contributed by atoms with Crippen molar-refractivity contribution in [3.63, 3.8) is 0 Å². The Balaban J connectivity index is 1.42. The second-order valence-electron chi connectivity index (χ2n) is 12.5. The van der Waals surface area contributed by atoms with Gasteiger partial charge in [0.2, 0.25) is 0 Å². The third-order valence-electron chi connectivity index (χ3n) is 9.90. The summed E-state index contributed by atoms with van der Waals surface area (Å²) < 4.78 is 0. The molecule has 8 nitrogen and oxygen atoms in total. The number of ketones is 3. The first kappa shape index (κ1) is 28.6. The van der Waals surface area contributed by atoms with Gasteiger partial charge in [0.15, 0.2) is 17.3 Å². The van der Waals surface area contributed by atoms with Crippen LogP contribution in [0, 0.1) is 17.3 Å². The van der Waals surface area contributed by atoms with Crippen molar-refractivity contribution < 1.29 is 29.7 Å². The highest BCUT2D eigenvalue weighted by molar-refractivity contribution is 6.32. The summed E-state index contributed by atoms with van der Waals surface area (Å²) in [7, 11) is 3.43. The van der Waals surface area contributed by atoms with E-state index in [4.69, 9.17) is 11.6 Å². The molecule has 2 aromatic rings. The molecule has 0 unspecified atom stereocenters. The second-order valence-corrected chi connectivity index (χ2v) is 12.9. The fourth-order valence-electron chi connectivity index (χ4n) is 7.79. The van der Waals surface area contributed by atoms with Crippen LogP contribution < -0.4 is 0 Å². The Bertz CT molecular complexity index is 1620. The largest absolute Gasteiger partial charge is 0.510 e. The number of phenolic OH excluding ortho intramolecular Hbond substituents is 1. The maximum absolute atomic E-state index is 14.2. The molecular weight excluding hydrogens is 556 g/mol. The highest BCUT2D eigenvalue weighted by Gasteiger charge is 2.62. The summed E-state index contributed by atoms with van der Waals surface area (Å²) in [6, 6.07) is 9.09. The molecule has 3 N–H and O–H groups in total. The van der Waals surface area contributed by atoms with Crippen molar-refractivity contribution in [2.75, 3.05) is 20.6 Å². The zero-order valence-corrected chi connectivity index (χ0v) is 25.0. The molecule has 0 spiro atoms. The molecule has 42 heavy (non-hydrogen) atoms. The lowest BCUT2D eigenvalue weighted by Gasteiger charge is -2.51. The summed E-state index contributed by atoms with van der Waals surface area (Å²) in [4.78, 5) is 44.1. The number of nitrogens with zero attached hydrogens (tertiary/aromatic N) is 2. The Morgan fingerprint density at radius 1 is 1.14 bits per heavy atom. The number of fused-ring (bicyclic) bond motifs is 4. The zero-order chi connectivity index (χ0) is 30.2. The average Bonchev–Trinajstić information content (AvgIpc) is 2.93. The lowest BCUT2D eigenvalue weighted by atomic mass is 9.52. The van der Waals surface area contributed by atoms with Crippen LogP contribution >= 0.6 is 11.6 Å². The molecule has 2 aromatic carbocycles. The molecular formula is C33H35ClN2O6. The van der Waals surface area contributed by atoms with Crippen molar-refractivity contribution in [2.45, 2.75) is 52.2 Å². The van der Waals surface area contributed by atoms with E-state index in [-0.39, 0.29) is 34.6 Å². The maximum atomic E-state index is 14.2. The molecule has 1 fully saturated rings. The predicted octanol–water partition coefficient (Wildman–Crippen LogP) is 4.55. The molecule has 4 atom stereocenters. The Kier molecular flexibility index (Phi) is 6.87. The van der Waals surface area contributed by atoms with Crippen molar-refractivity contribution in [1.29, 1.82) is 0 Å². The van der Waals surface area contributed by atoms with E-state index in [9.17, 15) is 29.7 Å². The highest BCUT2D eigenvalue weighted by atomic mass is 35.5. The Morgan fingerprint density at radius 3 is 2.50 bits per heavy atom. The van der Waals surface area contributed by atoms with Crippen LogP contribution in [0.1, 0.15) is 48.1 Å². The molecule has 9 heteroatoms. The number of hydrogen-bond donors (Lipinski definition) is 3. The molecule has 0 bridgehead atoms. The van der Waals surface area contributed by atoms with Gasteiger partial charge in [-0.3, -0.25) is 24.2 Å². The van der Waals surface area contributed by atoms with Gasteiger partial charge in [-0.2, -0.15) is 0 Å². The predicted molar refractivity (Wildman–Crippen MR) is 158 cm³/mol. The third kappa shape index (κ3) is 4.07. The molecule has 0 saturated heterocycles. The van der Waals surface area contributed by atoms with Gasteiger partial charge < -0.3 is 15.3 Å². The molecule has 3 aliphatic carbocycles. The first-order valence-electron chi connectivity index (χ1n) is 14.3. The Morgan fingerprint density at radius 2 is 1.83 bits per heavy atom. The average molecular weight is 591 g/mol. The van der Waals surface area contributed by atoms with Crippen molar-refractivity contribution >= 4 is 34.7 Å². The number of halogens is 1. The lowest BCUT2D eigenvalue weighted by molar-refractivity contribution is -0.139. The van der Waals surface area contributed by atoms with E-state index in [0.717, 1.165) is 25.1 Å². The first-order valence-corrected chi connectivity index (χ1v) is 14.7. The molecule has 0 aromatic heterocycles. The summed E-state index contributed by atoms with van der Waals surface area (Å²) in [6.45, 7) is 4.86. The number of aliphatic hydroxyl groups excluding tert-OH is 2. The van der Waals surface area contributed by atoms with Gasteiger partial charge in [0.1, 0.15) is 22.8 Å². The number of rotatable bonds is 4. The quantitative estimate of drug-likeness (QED) is 0.444. The number of allylic oxidation sites excluding steroid dienone is 2. The number of carbonyl (C=O) groups excluding carboxylic acids is 3. The minimum Gasteiger partial charge on any atom is -0.510 e. The lowest BCUT2D eigenvalue weighted by Crippen LogP contribution is -2.60. The number of phenols is 1. The summed E-state index contributed by atoms with van der Waals surface area (Å²) >= 11 is 6.99. The molecule has 1 heterocycles. The third-order valence-corrected chi connectivity index (χ3v) is 10.4. The van der Waals surface area contributed by atoms with E-state index in [1.54, 1.807) is 32.0 Å². The van der Waals surface area contributed by atoms with E-state index in [1.807, 2.05) is 12.1 Å². The van der Waals surface area contributed by atoms with Gasteiger partial charge in [0.05, 0.1) is 17.0 Å². The molecule has 0 amide bonds. The SMILES string of the molecule is CC(=O)C1=C(O)[C@@]2(C)C(=O)C3=C(O)c4c(O)cc(CN5CCc6ccccc6C5)c(Cl)c4C[C@H]3C[C@H]2[C@H](N(C)C)C1=O. The first-order chi connectivity index (χ1) is 19.9. The van der Waals surface area contributed by atoms with E-state index < -0.39 is 46.4 Å². The molecule has 220 valence electrons.